The summed E-state index contributed by atoms with van der Waals surface area (Å²) in [5.74, 6) is 0. The van der Waals surface area contributed by atoms with Crippen molar-refractivity contribution in [1.29, 1.82) is 0 Å². The van der Waals surface area contributed by atoms with Gasteiger partial charge < -0.3 is 5.73 Å². The van der Waals surface area contributed by atoms with Gasteiger partial charge in [-0.15, -0.1) is 0 Å². The standard InChI is InChI=1S/C8H7ClN2O3/c9-8(12)4-5-1-2-6(10)7(3-5)11(13)14/h1-3H,4,10H2. The van der Waals surface area contributed by atoms with E-state index < -0.39 is 10.2 Å². The third kappa shape index (κ3) is 2.43. The van der Waals surface area contributed by atoms with Crippen LogP contribution >= 0.6 is 11.6 Å². The van der Waals surface area contributed by atoms with Gasteiger partial charge in [0, 0.05) is 12.5 Å². The van der Waals surface area contributed by atoms with Crippen LogP contribution in [-0.2, 0) is 11.2 Å². The largest absolute Gasteiger partial charge is 0.393 e. The van der Waals surface area contributed by atoms with Crippen LogP contribution in [0.5, 0.6) is 0 Å². The zero-order valence-electron chi connectivity index (χ0n) is 7.07. The van der Waals surface area contributed by atoms with Crippen LogP contribution in [0.2, 0.25) is 0 Å². The molecule has 0 fully saturated rings. The third-order valence-corrected chi connectivity index (χ3v) is 1.77. The molecule has 0 heterocycles. The number of rotatable bonds is 3. The number of hydrogen-bond donors (Lipinski definition) is 1. The maximum absolute atomic E-state index is 10.5. The Bertz CT molecular complexity index is 392. The molecule has 0 radical (unpaired) electrons. The fraction of sp³-hybridized carbons (Fsp3) is 0.125. The minimum Gasteiger partial charge on any atom is -0.393 e. The minimum atomic E-state index is -0.600. The van der Waals surface area contributed by atoms with Gasteiger partial charge in [0.15, 0.2) is 0 Å². The van der Waals surface area contributed by atoms with Crippen molar-refractivity contribution in [2.45, 2.75) is 6.42 Å². The Labute approximate surface area is 84.6 Å². The van der Waals surface area contributed by atoms with Crippen molar-refractivity contribution >= 4 is 28.2 Å². The molecule has 0 saturated carbocycles. The van der Waals surface area contributed by atoms with E-state index in [1.807, 2.05) is 0 Å². The number of halogens is 1. The van der Waals surface area contributed by atoms with Crippen LogP contribution in [0.1, 0.15) is 5.56 Å². The highest BCUT2D eigenvalue weighted by Gasteiger charge is 2.12. The normalized spacial score (nSPS) is 9.79. The fourth-order valence-corrected chi connectivity index (χ4v) is 1.17. The summed E-state index contributed by atoms with van der Waals surface area (Å²) in [6.07, 6.45) is -0.0390. The van der Waals surface area contributed by atoms with E-state index in [2.05, 4.69) is 0 Å². The van der Waals surface area contributed by atoms with Gasteiger partial charge in [0.25, 0.3) is 5.69 Å². The molecule has 1 aromatic carbocycles. The summed E-state index contributed by atoms with van der Waals surface area (Å²) >= 11 is 5.14. The van der Waals surface area contributed by atoms with Crippen molar-refractivity contribution in [2.24, 2.45) is 0 Å². The first kappa shape index (κ1) is 10.5. The Balaban J connectivity index is 3.06. The van der Waals surface area contributed by atoms with Crippen molar-refractivity contribution in [3.63, 3.8) is 0 Å². The topological polar surface area (TPSA) is 86.2 Å². The summed E-state index contributed by atoms with van der Waals surface area (Å²) in [5, 5.41) is 9.90. The van der Waals surface area contributed by atoms with Gasteiger partial charge in [-0.1, -0.05) is 6.07 Å². The van der Waals surface area contributed by atoms with E-state index in [0.717, 1.165) is 0 Å². The lowest BCUT2D eigenvalue weighted by molar-refractivity contribution is -0.383. The van der Waals surface area contributed by atoms with E-state index >= 15 is 0 Å². The SMILES string of the molecule is Nc1ccc(CC(=O)Cl)cc1[N+](=O)[O-]. The number of benzene rings is 1. The fourth-order valence-electron chi connectivity index (χ4n) is 1.02. The highest BCUT2D eigenvalue weighted by atomic mass is 35.5. The van der Waals surface area contributed by atoms with E-state index in [0.29, 0.717) is 5.56 Å². The predicted octanol–water partition coefficient (Wildman–Crippen LogP) is 1.48. The molecule has 0 atom stereocenters. The molecular weight excluding hydrogens is 208 g/mol. The van der Waals surface area contributed by atoms with Crippen LogP contribution in [-0.4, -0.2) is 10.2 Å². The molecular formula is C8H7ClN2O3. The van der Waals surface area contributed by atoms with Gasteiger partial charge in [0.05, 0.1) is 4.92 Å². The van der Waals surface area contributed by atoms with Crippen LogP contribution in [0, 0.1) is 10.1 Å². The molecule has 74 valence electrons. The molecule has 0 amide bonds. The summed E-state index contributed by atoms with van der Waals surface area (Å²) in [6.45, 7) is 0. The van der Waals surface area contributed by atoms with Gasteiger partial charge in [-0.05, 0) is 23.2 Å². The van der Waals surface area contributed by atoms with E-state index in [1.165, 1.54) is 18.2 Å². The monoisotopic (exact) mass is 214 g/mol. The Morgan fingerprint density at radius 3 is 2.71 bits per heavy atom. The summed E-state index contributed by atoms with van der Waals surface area (Å²) in [6, 6.07) is 4.16. The number of nitro groups is 1. The second kappa shape index (κ2) is 4.06. The highest BCUT2D eigenvalue weighted by molar-refractivity contribution is 6.63. The molecule has 0 saturated heterocycles. The lowest BCUT2D eigenvalue weighted by Crippen LogP contribution is -1.99. The number of nitrogens with two attached hydrogens (primary N) is 1. The first-order valence-corrected chi connectivity index (χ1v) is 4.09. The van der Waals surface area contributed by atoms with Gasteiger partial charge in [0.1, 0.15) is 5.69 Å². The molecule has 2 N–H and O–H groups in total. The minimum absolute atomic E-state index is 0.0390. The summed E-state index contributed by atoms with van der Waals surface area (Å²) in [5.41, 5.74) is 5.70. The molecule has 1 rings (SSSR count). The van der Waals surface area contributed by atoms with Gasteiger partial charge >= 0.3 is 0 Å². The second-order valence-corrected chi connectivity index (χ2v) is 3.10. The lowest BCUT2D eigenvalue weighted by atomic mass is 10.1. The Hall–Kier alpha value is -1.62. The van der Waals surface area contributed by atoms with Crippen LogP contribution in [0.4, 0.5) is 11.4 Å². The average Bonchev–Trinajstić information content (AvgIpc) is 2.07. The molecule has 5 nitrogen and oxygen atoms in total. The molecule has 6 heteroatoms. The smallest absolute Gasteiger partial charge is 0.292 e. The highest BCUT2D eigenvalue weighted by Crippen LogP contribution is 2.22. The van der Waals surface area contributed by atoms with Crippen LogP contribution < -0.4 is 5.73 Å². The maximum atomic E-state index is 10.5. The third-order valence-electron chi connectivity index (χ3n) is 1.63. The molecule has 0 bridgehead atoms. The Morgan fingerprint density at radius 2 is 2.21 bits per heavy atom. The number of anilines is 1. The lowest BCUT2D eigenvalue weighted by Gasteiger charge is -1.99. The van der Waals surface area contributed by atoms with Crippen molar-refractivity contribution in [3.05, 3.63) is 33.9 Å². The van der Waals surface area contributed by atoms with Crippen molar-refractivity contribution in [1.82, 2.24) is 0 Å². The Kier molecular flexibility index (Phi) is 3.03. The van der Waals surface area contributed by atoms with Crippen LogP contribution in [0.25, 0.3) is 0 Å². The maximum Gasteiger partial charge on any atom is 0.292 e. The van der Waals surface area contributed by atoms with E-state index in [-0.39, 0.29) is 17.8 Å². The predicted molar refractivity (Wildman–Crippen MR) is 52.1 cm³/mol. The molecule has 0 aliphatic heterocycles. The molecule has 0 aliphatic rings. The van der Waals surface area contributed by atoms with E-state index in [9.17, 15) is 14.9 Å². The van der Waals surface area contributed by atoms with Gasteiger partial charge in [0.2, 0.25) is 5.24 Å². The molecule has 0 spiro atoms. The van der Waals surface area contributed by atoms with Crippen LogP contribution in [0.3, 0.4) is 0 Å². The number of nitrogens with zero attached hydrogens (tertiary/aromatic N) is 1. The molecule has 0 unspecified atom stereocenters. The first-order chi connectivity index (χ1) is 6.50. The number of carbonyl (C=O) groups excluding carboxylic acids is 1. The summed E-state index contributed by atoms with van der Waals surface area (Å²) in [7, 11) is 0. The number of nitrogen functional groups attached to an aromatic ring is 1. The van der Waals surface area contributed by atoms with Gasteiger partial charge in [-0.25, -0.2) is 0 Å². The zero-order chi connectivity index (χ0) is 10.7. The van der Waals surface area contributed by atoms with Gasteiger partial charge in [-0.2, -0.15) is 0 Å². The average molecular weight is 215 g/mol. The number of carbonyl (C=O) groups is 1. The van der Waals surface area contributed by atoms with E-state index in [1.54, 1.807) is 0 Å². The number of hydrogen-bond acceptors (Lipinski definition) is 4. The summed E-state index contributed by atoms with van der Waals surface area (Å²) in [4.78, 5) is 20.4. The molecule has 1 aromatic rings. The van der Waals surface area contributed by atoms with Gasteiger partial charge in [-0.3, -0.25) is 14.9 Å². The molecule has 0 aromatic heterocycles. The molecule has 0 aliphatic carbocycles. The second-order valence-electron chi connectivity index (χ2n) is 2.68. The molecule has 14 heavy (non-hydrogen) atoms. The quantitative estimate of drug-likeness (QED) is 0.357. The summed E-state index contributed by atoms with van der Waals surface area (Å²) < 4.78 is 0. The van der Waals surface area contributed by atoms with E-state index in [4.69, 9.17) is 17.3 Å². The number of nitro benzene ring substituents is 1. The zero-order valence-corrected chi connectivity index (χ0v) is 7.82. The van der Waals surface area contributed by atoms with Crippen molar-refractivity contribution in [3.8, 4) is 0 Å². The Morgan fingerprint density at radius 1 is 1.57 bits per heavy atom. The van der Waals surface area contributed by atoms with Crippen molar-refractivity contribution < 1.29 is 9.72 Å². The van der Waals surface area contributed by atoms with Crippen molar-refractivity contribution in [2.75, 3.05) is 5.73 Å². The first-order valence-electron chi connectivity index (χ1n) is 3.72. The van der Waals surface area contributed by atoms with Crippen LogP contribution in [0.15, 0.2) is 18.2 Å².